The van der Waals surface area contributed by atoms with Crippen molar-refractivity contribution < 1.29 is 63.1 Å². The van der Waals surface area contributed by atoms with E-state index >= 15 is 0 Å². The molecule has 0 aromatic heterocycles. The van der Waals surface area contributed by atoms with Gasteiger partial charge in [0.15, 0.2) is 6.10 Å². The first-order valence-corrected chi connectivity index (χ1v) is 25.5. The summed E-state index contributed by atoms with van der Waals surface area (Å²) in [4.78, 5) is 35.7. The maximum Gasteiger partial charge on any atom is 0.472 e. The lowest BCUT2D eigenvalue weighted by atomic mass is 9.85. The quantitative estimate of drug-likeness (QED) is 0.0148. The molecule has 13 nitrogen and oxygen atoms in total. The molecule has 65 heavy (non-hydrogen) atoms. The Morgan fingerprint density at radius 3 is 1.40 bits per heavy atom. The summed E-state index contributed by atoms with van der Waals surface area (Å²) >= 11 is 0. The largest absolute Gasteiger partial charge is 0.472 e. The normalized spacial score (nSPS) is 22.3. The van der Waals surface area contributed by atoms with Crippen LogP contribution in [0.5, 0.6) is 0 Å². The molecule has 1 fully saturated rings. The number of carbonyl (C=O) groups excluding carboxylic acids is 2. The fourth-order valence-corrected chi connectivity index (χ4v) is 7.55. The molecule has 370 valence electrons. The van der Waals surface area contributed by atoms with Gasteiger partial charge in [-0.2, -0.15) is 0 Å². The molecule has 1 rings (SSSR count). The van der Waals surface area contributed by atoms with Crippen LogP contribution in [0.2, 0.25) is 0 Å². The van der Waals surface area contributed by atoms with E-state index in [1.54, 1.807) is 0 Å². The highest BCUT2D eigenvalue weighted by Gasteiger charge is 2.51. The number of carbonyl (C=O) groups is 2. The number of ether oxygens (including phenoxy) is 2. The lowest BCUT2D eigenvalue weighted by Crippen LogP contribution is -2.64. The number of unbranched alkanes of at least 4 members (excludes halogenated alkanes) is 10. The summed E-state index contributed by atoms with van der Waals surface area (Å²) in [5.74, 6) is -1.22. The zero-order chi connectivity index (χ0) is 47.8. The standard InChI is InChI=1S/C51H83O13P/c1-3-5-7-9-11-13-15-17-19-21-22-24-25-27-29-31-33-35-37-39-44(52)61-41-43(42-62-65(59,60)64-51-49(57)47(55)46(54)48(56)50(51)58)63-45(53)40-38-36-34-32-30-28-26-23-20-18-16-14-12-10-8-6-4-2/h5,7,11-14,17-20,22,24,27,29,33,35,43,46-51,54-58H,3-4,6,8-10,15-16,21,23,25-26,28,30-32,34,36-42H2,1-2H3,(H,59,60)/b7-5-,13-11-,14-12-,19-17-,20-18-,24-22-,29-27-,35-33-/t43-,46?,47-,48?,49?,50?,51?/m1/s1. The van der Waals surface area contributed by atoms with Crippen molar-refractivity contribution in [2.24, 2.45) is 0 Å². The highest BCUT2D eigenvalue weighted by atomic mass is 31.2. The predicted octanol–water partition coefficient (Wildman–Crippen LogP) is 9.83. The summed E-state index contributed by atoms with van der Waals surface area (Å²) in [5, 5.41) is 50.2. The van der Waals surface area contributed by atoms with Crippen LogP contribution in [0.4, 0.5) is 0 Å². The van der Waals surface area contributed by atoms with Gasteiger partial charge < -0.3 is 39.9 Å². The minimum atomic E-state index is -5.15. The van der Waals surface area contributed by atoms with Gasteiger partial charge in [-0.1, -0.05) is 156 Å². The summed E-state index contributed by atoms with van der Waals surface area (Å²) in [7, 11) is -5.15. The SMILES string of the molecule is CC/C=C\C/C=C\C/C=C\C/C=C\C/C=C\C/C=C\CCC(=O)OC[C@H](COP(=O)(O)OC1C(O)C(O)C(O)[C@@H](O)C1O)OC(=O)CCCCCCCCC/C=C\C/C=C\CCCCC. The van der Waals surface area contributed by atoms with Crippen LogP contribution in [0.3, 0.4) is 0 Å². The van der Waals surface area contributed by atoms with Crippen LogP contribution in [-0.2, 0) is 32.7 Å². The van der Waals surface area contributed by atoms with Crippen molar-refractivity contribution in [3.05, 3.63) is 97.2 Å². The molecule has 0 radical (unpaired) electrons. The van der Waals surface area contributed by atoms with E-state index in [0.29, 0.717) is 19.3 Å². The van der Waals surface area contributed by atoms with Gasteiger partial charge in [0.1, 0.15) is 43.2 Å². The Labute approximate surface area is 390 Å². The number of aliphatic hydroxyl groups excluding tert-OH is 5. The van der Waals surface area contributed by atoms with Gasteiger partial charge in [-0.15, -0.1) is 0 Å². The van der Waals surface area contributed by atoms with Crippen molar-refractivity contribution in [2.45, 2.75) is 198 Å². The molecule has 0 bridgehead atoms. The van der Waals surface area contributed by atoms with Crippen LogP contribution >= 0.6 is 7.82 Å². The maximum absolute atomic E-state index is 12.8. The monoisotopic (exact) mass is 935 g/mol. The second-order valence-corrected chi connectivity index (χ2v) is 17.6. The fourth-order valence-electron chi connectivity index (χ4n) is 6.58. The van der Waals surface area contributed by atoms with Crippen molar-refractivity contribution in [1.82, 2.24) is 0 Å². The van der Waals surface area contributed by atoms with Crippen LogP contribution < -0.4 is 0 Å². The number of aliphatic hydroxyl groups is 5. The van der Waals surface area contributed by atoms with Gasteiger partial charge in [0, 0.05) is 12.8 Å². The van der Waals surface area contributed by atoms with E-state index < -0.39 is 75.7 Å². The molecular formula is C51H83O13P. The smallest absolute Gasteiger partial charge is 0.462 e. The predicted molar refractivity (Wildman–Crippen MR) is 258 cm³/mol. The number of phosphoric acid groups is 1. The highest BCUT2D eigenvalue weighted by molar-refractivity contribution is 7.47. The Bertz CT molecular complexity index is 1500. The van der Waals surface area contributed by atoms with E-state index in [9.17, 15) is 44.6 Å². The van der Waals surface area contributed by atoms with Crippen molar-refractivity contribution in [3.8, 4) is 0 Å². The molecule has 0 amide bonds. The summed E-state index contributed by atoms with van der Waals surface area (Å²) < 4.78 is 33.5. The Hall–Kier alpha value is -3.23. The molecule has 0 saturated heterocycles. The minimum Gasteiger partial charge on any atom is -0.462 e. The van der Waals surface area contributed by atoms with Crippen molar-refractivity contribution in [1.29, 1.82) is 0 Å². The topological polar surface area (TPSA) is 210 Å². The first-order valence-electron chi connectivity index (χ1n) is 24.0. The van der Waals surface area contributed by atoms with Crippen LogP contribution in [-0.4, -0.2) is 98.3 Å². The second kappa shape index (κ2) is 39.9. The van der Waals surface area contributed by atoms with Crippen LogP contribution in [0.1, 0.15) is 155 Å². The van der Waals surface area contributed by atoms with Gasteiger partial charge in [-0.25, -0.2) is 4.57 Å². The van der Waals surface area contributed by atoms with E-state index in [1.165, 1.54) is 19.3 Å². The third-order valence-corrected chi connectivity index (χ3v) is 11.4. The lowest BCUT2D eigenvalue weighted by molar-refractivity contribution is -0.220. The van der Waals surface area contributed by atoms with Gasteiger partial charge in [0.25, 0.3) is 0 Å². The van der Waals surface area contributed by atoms with Gasteiger partial charge in [-0.3, -0.25) is 18.6 Å². The minimum absolute atomic E-state index is 0.0345. The third-order valence-electron chi connectivity index (χ3n) is 10.4. The van der Waals surface area contributed by atoms with E-state index in [1.807, 2.05) is 18.2 Å². The third kappa shape index (κ3) is 32.2. The number of allylic oxidation sites excluding steroid dienone is 16. The van der Waals surface area contributed by atoms with Gasteiger partial charge in [-0.05, 0) is 83.5 Å². The molecule has 8 atom stereocenters. The van der Waals surface area contributed by atoms with Crippen molar-refractivity contribution >= 4 is 19.8 Å². The van der Waals surface area contributed by atoms with Crippen molar-refractivity contribution in [2.75, 3.05) is 13.2 Å². The molecule has 1 aliphatic rings. The van der Waals surface area contributed by atoms with Crippen LogP contribution in [0.15, 0.2) is 97.2 Å². The second-order valence-electron chi connectivity index (χ2n) is 16.2. The molecular weight excluding hydrogens is 852 g/mol. The van der Waals surface area contributed by atoms with E-state index in [0.717, 1.165) is 89.9 Å². The molecule has 0 aromatic carbocycles. The lowest BCUT2D eigenvalue weighted by Gasteiger charge is -2.41. The molecule has 1 saturated carbocycles. The van der Waals surface area contributed by atoms with E-state index in [-0.39, 0.29) is 12.8 Å². The molecule has 0 aliphatic heterocycles. The Morgan fingerprint density at radius 2 is 0.908 bits per heavy atom. The van der Waals surface area contributed by atoms with Gasteiger partial charge in [0.05, 0.1) is 6.61 Å². The highest BCUT2D eigenvalue weighted by Crippen LogP contribution is 2.47. The number of rotatable bonds is 38. The Kier molecular flexibility index (Phi) is 36.7. The van der Waals surface area contributed by atoms with Crippen LogP contribution in [0.25, 0.3) is 0 Å². The van der Waals surface area contributed by atoms with Gasteiger partial charge >= 0.3 is 19.8 Å². The van der Waals surface area contributed by atoms with E-state index in [4.69, 9.17) is 18.5 Å². The average Bonchev–Trinajstić information content (AvgIpc) is 3.29. The first-order chi connectivity index (χ1) is 31.4. The molecule has 0 aromatic rings. The number of hydrogen-bond acceptors (Lipinski definition) is 12. The molecule has 0 heterocycles. The Balaban J connectivity index is 2.51. The Morgan fingerprint density at radius 1 is 0.492 bits per heavy atom. The first kappa shape index (κ1) is 59.8. The molecule has 6 N–H and O–H groups in total. The molecule has 1 aliphatic carbocycles. The summed E-state index contributed by atoms with van der Waals surface area (Å²) in [6, 6.07) is 0. The fraction of sp³-hybridized carbons (Fsp3) is 0.647. The zero-order valence-electron chi connectivity index (χ0n) is 39.2. The molecule has 0 spiro atoms. The molecule has 6 unspecified atom stereocenters. The van der Waals surface area contributed by atoms with Gasteiger partial charge in [0.2, 0.25) is 0 Å². The number of hydrogen-bond donors (Lipinski definition) is 6. The average molecular weight is 935 g/mol. The summed E-state index contributed by atoms with van der Waals surface area (Å²) in [6.45, 7) is 3.08. The summed E-state index contributed by atoms with van der Waals surface area (Å²) in [5.41, 5.74) is 0. The van der Waals surface area contributed by atoms with E-state index in [2.05, 4.69) is 92.8 Å². The van der Waals surface area contributed by atoms with Crippen molar-refractivity contribution in [3.63, 3.8) is 0 Å². The number of esters is 2. The maximum atomic E-state index is 12.8. The zero-order valence-corrected chi connectivity index (χ0v) is 40.1. The number of phosphoric ester groups is 1. The molecule has 14 heteroatoms. The van der Waals surface area contributed by atoms with Crippen LogP contribution in [0, 0.1) is 0 Å². The summed E-state index contributed by atoms with van der Waals surface area (Å²) in [6.07, 6.45) is 40.4.